The second kappa shape index (κ2) is 13.7. The van der Waals surface area contributed by atoms with E-state index in [0.29, 0.717) is 0 Å². The molecule has 5 aromatic rings. The summed E-state index contributed by atoms with van der Waals surface area (Å²) in [4.78, 5) is 24.1. The van der Waals surface area contributed by atoms with Gasteiger partial charge in [-0.15, -0.1) is 0 Å². The molecule has 60 heavy (non-hydrogen) atoms. The van der Waals surface area contributed by atoms with E-state index in [-0.39, 0.29) is 18.1 Å². The van der Waals surface area contributed by atoms with Crippen molar-refractivity contribution in [3.63, 3.8) is 0 Å². The number of hydrogen-bond donors (Lipinski definition) is 2. The number of aromatic amines is 2. The van der Waals surface area contributed by atoms with Crippen LogP contribution in [0.15, 0.2) is 81.2 Å². The van der Waals surface area contributed by atoms with E-state index in [9.17, 15) is 0 Å². The summed E-state index contributed by atoms with van der Waals surface area (Å²) >= 11 is 0. The van der Waals surface area contributed by atoms with Crippen LogP contribution >= 0.6 is 0 Å². The quantitative estimate of drug-likeness (QED) is 0.273. The van der Waals surface area contributed by atoms with Crippen molar-refractivity contribution in [3.05, 3.63) is 145 Å². The molecule has 8 bridgehead atoms. The molecule has 9 rings (SSSR count). The fourth-order valence-corrected chi connectivity index (χ4v) is 10.2. The molecule has 0 aliphatic carbocycles. The highest BCUT2D eigenvalue weighted by Gasteiger charge is 2.42. The Kier molecular flexibility index (Phi) is 8.96. The molecule has 0 spiro atoms. The summed E-state index contributed by atoms with van der Waals surface area (Å²) in [6, 6.07) is 8.83. The Bertz CT molecular complexity index is 2930. The van der Waals surface area contributed by atoms with Crippen molar-refractivity contribution in [2.24, 2.45) is 52.3 Å². The summed E-state index contributed by atoms with van der Waals surface area (Å²) in [7, 11) is 17.4. The van der Waals surface area contributed by atoms with Gasteiger partial charge in [-0.1, -0.05) is 6.08 Å². The van der Waals surface area contributed by atoms with Crippen LogP contribution in [-0.4, -0.2) is 71.2 Å². The number of fused-ring (bicyclic) bond motifs is 6. The summed E-state index contributed by atoms with van der Waals surface area (Å²) in [6.45, 7) is 17.6. The van der Waals surface area contributed by atoms with Crippen LogP contribution < -0.4 is 24.4 Å². The Labute approximate surface area is 353 Å². The number of allylic oxidation sites excluding steroid dienone is 5. The smallest absolute Gasteiger partial charge is 0.293 e. The third-order valence-electron chi connectivity index (χ3n) is 14.9. The number of rotatable bonds is 4. The molecular weight excluding hydrogens is 745 g/mol. The lowest BCUT2D eigenvalue weighted by Crippen LogP contribution is -2.40. The molecule has 12 nitrogen and oxygen atoms in total. The predicted molar refractivity (Wildman–Crippen MR) is 237 cm³/mol. The van der Waals surface area contributed by atoms with E-state index in [1.165, 1.54) is 51.4 Å². The number of aliphatic imine (C=N–C) groups is 2. The fourth-order valence-electron chi connectivity index (χ4n) is 10.2. The van der Waals surface area contributed by atoms with Crippen molar-refractivity contribution in [1.29, 1.82) is 0 Å². The van der Waals surface area contributed by atoms with E-state index < -0.39 is 0 Å². The zero-order valence-corrected chi connectivity index (χ0v) is 38.3. The Morgan fingerprint density at radius 2 is 1.13 bits per heavy atom. The third kappa shape index (κ3) is 5.38. The van der Waals surface area contributed by atoms with Crippen LogP contribution in [0.5, 0.6) is 0 Å². The van der Waals surface area contributed by atoms with Crippen LogP contribution in [0.25, 0.3) is 11.1 Å². The van der Waals surface area contributed by atoms with Gasteiger partial charge in [0.2, 0.25) is 0 Å². The SMILES string of the molecule is CC1=C(C)N(C)C(C2=C3C=CC(=N3)C(c3n(C)c(C)c(C)[n+]3C)=c3ccc([nH]3)=C(c3n(C)c(C)c(C)[n+]3C)c3ccc([nH]3)C(c3n(C)c(C)c(C)[n+]3C)C3C=CC2=N3)N1C. The van der Waals surface area contributed by atoms with Crippen LogP contribution in [0.1, 0.15) is 82.8 Å². The molecule has 0 saturated heterocycles. The molecule has 2 atom stereocenters. The molecule has 2 N–H and O–H groups in total. The van der Waals surface area contributed by atoms with E-state index in [1.807, 2.05) is 0 Å². The monoisotopic (exact) mass is 806 g/mol. The molecule has 0 fully saturated rings. The van der Waals surface area contributed by atoms with E-state index >= 15 is 0 Å². The number of nitrogens with one attached hydrogen (secondary N) is 2. The Balaban J connectivity index is 1.44. The predicted octanol–water partition coefficient (Wildman–Crippen LogP) is 3.37. The number of H-pyrrole nitrogens is 2. The van der Waals surface area contributed by atoms with Crippen LogP contribution in [0.2, 0.25) is 0 Å². The minimum atomic E-state index is -0.179. The number of hydrogen-bond acceptors (Lipinski definition) is 4. The number of aromatic nitrogens is 8. The molecule has 5 aromatic heterocycles. The summed E-state index contributed by atoms with van der Waals surface area (Å²) in [5.41, 5.74) is 18.0. The zero-order chi connectivity index (χ0) is 43.0. The molecule has 0 radical (unpaired) electrons. The highest BCUT2D eigenvalue weighted by molar-refractivity contribution is 6.29. The average molecular weight is 806 g/mol. The summed E-state index contributed by atoms with van der Waals surface area (Å²) in [5, 5.41) is 2.01. The Morgan fingerprint density at radius 3 is 1.68 bits per heavy atom. The van der Waals surface area contributed by atoms with Crippen molar-refractivity contribution < 1.29 is 13.7 Å². The molecule has 2 unspecified atom stereocenters. The van der Waals surface area contributed by atoms with Gasteiger partial charge in [0.1, 0.15) is 57.4 Å². The molecule has 9 heterocycles. The van der Waals surface area contributed by atoms with Crippen LogP contribution in [0.3, 0.4) is 0 Å². The average Bonchev–Trinajstić information content (AvgIpc) is 4.13. The Hall–Kier alpha value is -6.17. The van der Waals surface area contributed by atoms with Gasteiger partial charge in [0.25, 0.3) is 17.5 Å². The lowest BCUT2D eigenvalue weighted by atomic mass is 9.95. The highest BCUT2D eigenvalue weighted by Crippen LogP contribution is 2.38. The summed E-state index contributed by atoms with van der Waals surface area (Å²) < 4.78 is 13.9. The van der Waals surface area contributed by atoms with Crippen LogP contribution in [-0.2, 0) is 42.3 Å². The zero-order valence-electron chi connectivity index (χ0n) is 38.3. The van der Waals surface area contributed by atoms with Crippen molar-refractivity contribution in [2.75, 3.05) is 14.1 Å². The normalized spacial score (nSPS) is 19.4. The third-order valence-corrected chi connectivity index (χ3v) is 14.9. The number of likely N-dealkylation sites (N-methyl/N-ethyl adjacent to an activating group) is 2. The largest absolute Gasteiger partial charge is 0.357 e. The lowest BCUT2D eigenvalue weighted by Gasteiger charge is -2.32. The van der Waals surface area contributed by atoms with Gasteiger partial charge in [0.15, 0.2) is 0 Å². The van der Waals surface area contributed by atoms with Gasteiger partial charge in [-0.2, -0.15) is 0 Å². The van der Waals surface area contributed by atoms with Crippen molar-refractivity contribution in [3.8, 4) is 0 Å². The fraction of sp³-hybridized carbons (Fsp3) is 0.396. The van der Waals surface area contributed by atoms with Crippen molar-refractivity contribution in [2.45, 2.75) is 73.5 Å². The summed E-state index contributed by atoms with van der Waals surface area (Å²) in [5.74, 6) is 3.27. The van der Waals surface area contributed by atoms with Gasteiger partial charge in [-0.25, -0.2) is 32.4 Å². The second-order valence-electron chi connectivity index (χ2n) is 17.5. The maximum atomic E-state index is 5.73. The number of nitrogens with zero attached hydrogens (tertiary/aromatic N) is 10. The first kappa shape index (κ1) is 39.3. The molecule has 0 amide bonds. The second-order valence-corrected chi connectivity index (χ2v) is 17.5. The van der Waals surface area contributed by atoms with Gasteiger partial charge >= 0.3 is 0 Å². The molecule has 4 aliphatic rings. The van der Waals surface area contributed by atoms with Crippen LogP contribution in [0, 0.1) is 41.5 Å². The first-order chi connectivity index (χ1) is 28.4. The maximum absolute atomic E-state index is 5.73. The van der Waals surface area contributed by atoms with Gasteiger partial charge in [0, 0.05) is 78.3 Å². The molecular formula is C48H61N12+3. The van der Waals surface area contributed by atoms with E-state index in [2.05, 4.69) is 208 Å². The Morgan fingerprint density at radius 1 is 0.583 bits per heavy atom. The van der Waals surface area contributed by atoms with Crippen molar-refractivity contribution >= 4 is 22.6 Å². The molecule has 4 aliphatic heterocycles. The van der Waals surface area contributed by atoms with Gasteiger partial charge in [0.05, 0.1) is 81.8 Å². The minimum absolute atomic E-state index is 0.0914. The van der Waals surface area contributed by atoms with E-state index in [1.54, 1.807) is 0 Å². The number of imidazole rings is 3. The topological polar surface area (TPSA) is 89.2 Å². The van der Waals surface area contributed by atoms with Crippen molar-refractivity contribution in [1.82, 2.24) is 33.5 Å². The molecule has 12 heteroatoms. The van der Waals surface area contributed by atoms with E-state index in [0.717, 1.165) is 67.6 Å². The van der Waals surface area contributed by atoms with Gasteiger partial charge < -0.3 is 19.8 Å². The lowest BCUT2D eigenvalue weighted by molar-refractivity contribution is -0.685. The minimum Gasteiger partial charge on any atom is -0.357 e. The van der Waals surface area contributed by atoms with Crippen LogP contribution in [0.4, 0.5) is 0 Å². The first-order valence-electron chi connectivity index (χ1n) is 21.0. The molecule has 310 valence electrons. The first-order valence-corrected chi connectivity index (χ1v) is 21.0. The molecule has 0 aromatic carbocycles. The van der Waals surface area contributed by atoms with E-state index in [4.69, 9.17) is 9.98 Å². The standard InChI is InChI=1S/C48H60N12/c1-25-26(2)54(10)45(53(25)9)41-33-17-19-35(49-33)42(46-55(11)27(3)28(4)56(46)12)37-21-23-39(51-37)44(48-59(15)31(7)32(8)60(48)16)40-24-22-38(52-40)43(36-20-18-34(41)50-36)47-57(13)29(5)30(6)58(47)14/h17-24,33,41,46H,1-16H3,(H,50,52)/q+2/p+1. The van der Waals surface area contributed by atoms with Gasteiger partial charge in [-0.05, 0) is 56.3 Å². The summed E-state index contributed by atoms with van der Waals surface area (Å²) in [6.07, 6.45) is 8.86. The van der Waals surface area contributed by atoms with Gasteiger partial charge in [-0.3, -0.25) is 4.99 Å². The highest BCUT2D eigenvalue weighted by atomic mass is 15.4. The maximum Gasteiger partial charge on any atom is 0.293 e. The molecule has 0 saturated carbocycles.